The minimum absolute atomic E-state index is 0.221. The van der Waals surface area contributed by atoms with E-state index < -0.39 is 16.2 Å². The summed E-state index contributed by atoms with van der Waals surface area (Å²) in [6.45, 7) is 3.33. The van der Waals surface area contributed by atoms with E-state index in [9.17, 15) is 13.2 Å². The Morgan fingerprint density at radius 2 is 1.64 bits per heavy atom. The second kappa shape index (κ2) is 10.1. The topological polar surface area (TPSA) is 82.6 Å². The summed E-state index contributed by atoms with van der Waals surface area (Å²) in [4.78, 5) is 18.1. The molecule has 0 saturated carbocycles. The van der Waals surface area contributed by atoms with Crippen LogP contribution in [-0.2, 0) is 14.8 Å². The number of sulfonamides is 1. The maximum absolute atomic E-state index is 13.9. The van der Waals surface area contributed by atoms with Gasteiger partial charge in [0.15, 0.2) is 0 Å². The van der Waals surface area contributed by atoms with Crippen LogP contribution in [0.1, 0.15) is 30.1 Å². The minimum atomic E-state index is -3.89. The van der Waals surface area contributed by atoms with Crippen molar-refractivity contribution in [2.75, 3.05) is 18.0 Å². The molecule has 1 saturated heterocycles. The fourth-order valence-corrected chi connectivity index (χ4v) is 6.11. The van der Waals surface area contributed by atoms with E-state index in [0.29, 0.717) is 32.3 Å². The van der Waals surface area contributed by atoms with Crippen LogP contribution in [0, 0.1) is 6.92 Å². The van der Waals surface area contributed by atoms with E-state index in [1.807, 2.05) is 49.4 Å². The molecule has 0 aliphatic carbocycles. The zero-order valence-corrected chi connectivity index (χ0v) is 19.4. The van der Waals surface area contributed by atoms with Gasteiger partial charge in [-0.15, -0.1) is 0 Å². The number of hydrogen-bond donors (Lipinski definition) is 1. The summed E-state index contributed by atoms with van der Waals surface area (Å²) in [5, 5.41) is 2.77. The number of carbonyl (C=O) groups excluding carboxylic acids is 1. The first-order valence-electron chi connectivity index (χ1n) is 11.0. The van der Waals surface area contributed by atoms with Gasteiger partial charge >= 0.3 is 0 Å². The molecule has 0 radical (unpaired) electrons. The molecule has 1 fully saturated rings. The van der Waals surface area contributed by atoms with Crippen LogP contribution in [0.15, 0.2) is 84.0 Å². The number of anilines is 1. The standard InChI is InChI=1S/C25H28N4O3S/c1-20-7-9-24(10-8-20)33(31,32)29(25(27-19-30)21-5-3-2-4-6-21)23-13-17-28(18-14-23)22-11-15-26-16-12-22/h2-12,15-16,19,23,25H,13-14,17-18H2,1H3,(H,27,30). The molecule has 2 aromatic carbocycles. The van der Waals surface area contributed by atoms with Crippen LogP contribution in [0.3, 0.4) is 0 Å². The van der Waals surface area contributed by atoms with Crippen LogP contribution in [0.5, 0.6) is 0 Å². The zero-order chi connectivity index (χ0) is 23.3. The molecule has 1 N–H and O–H groups in total. The Hall–Kier alpha value is -3.23. The van der Waals surface area contributed by atoms with Crippen molar-refractivity contribution in [3.05, 3.63) is 90.3 Å². The summed E-state index contributed by atoms with van der Waals surface area (Å²) in [6, 6.07) is 19.7. The molecule has 0 bridgehead atoms. The molecular weight excluding hydrogens is 436 g/mol. The smallest absolute Gasteiger partial charge is 0.245 e. The number of benzene rings is 2. The number of amides is 1. The van der Waals surface area contributed by atoms with Gasteiger partial charge in [0.05, 0.1) is 4.90 Å². The van der Waals surface area contributed by atoms with E-state index in [1.165, 1.54) is 4.31 Å². The average molecular weight is 465 g/mol. The highest BCUT2D eigenvalue weighted by Gasteiger charge is 2.39. The van der Waals surface area contributed by atoms with Crippen LogP contribution in [0.4, 0.5) is 5.69 Å². The van der Waals surface area contributed by atoms with Gasteiger partial charge in [-0.2, -0.15) is 4.31 Å². The third kappa shape index (κ3) is 5.07. The number of pyridine rings is 1. The van der Waals surface area contributed by atoms with Crippen molar-refractivity contribution in [3.8, 4) is 0 Å². The second-order valence-electron chi connectivity index (χ2n) is 8.17. The summed E-state index contributed by atoms with van der Waals surface area (Å²) in [7, 11) is -3.89. The molecule has 1 aromatic heterocycles. The largest absolute Gasteiger partial charge is 0.371 e. The molecular formula is C25H28N4O3S. The normalized spacial score (nSPS) is 15.9. The van der Waals surface area contributed by atoms with Gasteiger partial charge < -0.3 is 10.2 Å². The van der Waals surface area contributed by atoms with E-state index in [4.69, 9.17) is 0 Å². The summed E-state index contributed by atoms with van der Waals surface area (Å²) in [6.07, 6.45) is 4.56. The van der Waals surface area contributed by atoms with Crippen LogP contribution in [0.25, 0.3) is 0 Å². The number of nitrogens with one attached hydrogen (secondary N) is 1. The molecule has 0 spiro atoms. The predicted molar refractivity (Wildman–Crippen MR) is 128 cm³/mol. The number of nitrogens with zero attached hydrogens (tertiary/aromatic N) is 3. The Morgan fingerprint density at radius 3 is 2.24 bits per heavy atom. The van der Waals surface area contributed by atoms with E-state index in [1.54, 1.807) is 36.7 Å². The number of hydrogen-bond acceptors (Lipinski definition) is 5. The lowest BCUT2D eigenvalue weighted by molar-refractivity contribution is -0.111. The highest BCUT2D eigenvalue weighted by molar-refractivity contribution is 7.89. The van der Waals surface area contributed by atoms with Crippen LogP contribution < -0.4 is 10.2 Å². The molecule has 3 aromatic rings. The van der Waals surface area contributed by atoms with Gasteiger partial charge in [-0.05, 0) is 49.6 Å². The first-order chi connectivity index (χ1) is 16.0. The molecule has 1 unspecified atom stereocenters. The van der Waals surface area contributed by atoms with Crippen molar-refractivity contribution in [1.29, 1.82) is 0 Å². The molecule has 1 aliphatic heterocycles. The highest BCUT2D eigenvalue weighted by atomic mass is 32.2. The fraction of sp³-hybridized carbons (Fsp3) is 0.280. The Kier molecular flexibility index (Phi) is 7.05. The number of aromatic nitrogens is 1. The average Bonchev–Trinajstić information content (AvgIpc) is 2.85. The minimum Gasteiger partial charge on any atom is -0.371 e. The van der Waals surface area contributed by atoms with Crippen LogP contribution >= 0.6 is 0 Å². The van der Waals surface area contributed by atoms with Crippen LogP contribution in [-0.4, -0.2) is 43.2 Å². The molecule has 1 atom stereocenters. The molecule has 1 amide bonds. The molecule has 4 rings (SSSR count). The number of piperidine rings is 1. The van der Waals surface area contributed by atoms with Gasteiger partial charge in [0.2, 0.25) is 16.4 Å². The van der Waals surface area contributed by atoms with Crippen molar-refractivity contribution in [2.45, 2.75) is 36.9 Å². The Bertz CT molecular complexity index is 1150. The van der Waals surface area contributed by atoms with Gasteiger partial charge in [-0.3, -0.25) is 9.78 Å². The molecule has 8 heteroatoms. The van der Waals surface area contributed by atoms with Gasteiger partial charge in [-0.1, -0.05) is 48.0 Å². The van der Waals surface area contributed by atoms with Gasteiger partial charge in [0.1, 0.15) is 6.17 Å². The SMILES string of the molecule is Cc1ccc(S(=O)(=O)N(C2CCN(c3ccncc3)CC2)C(NC=O)c2ccccc2)cc1. The number of aryl methyl sites for hydroxylation is 1. The zero-order valence-electron chi connectivity index (χ0n) is 18.5. The maximum Gasteiger partial charge on any atom is 0.245 e. The lowest BCUT2D eigenvalue weighted by Crippen LogP contribution is -2.52. The third-order valence-electron chi connectivity index (χ3n) is 6.04. The summed E-state index contributed by atoms with van der Waals surface area (Å²) < 4.78 is 29.4. The molecule has 1 aliphatic rings. The highest BCUT2D eigenvalue weighted by Crippen LogP contribution is 2.33. The Labute approximate surface area is 195 Å². The lowest BCUT2D eigenvalue weighted by atomic mass is 10.0. The maximum atomic E-state index is 13.9. The molecule has 7 nitrogen and oxygen atoms in total. The van der Waals surface area contributed by atoms with E-state index in [0.717, 1.165) is 16.8 Å². The van der Waals surface area contributed by atoms with Gasteiger partial charge in [-0.25, -0.2) is 8.42 Å². The van der Waals surface area contributed by atoms with Gasteiger partial charge in [0, 0.05) is 37.2 Å². The summed E-state index contributed by atoms with van der Waals surface area (Å²) in [5.74, 6) is 0. The monoisotopic (exact) mass is 464 g/mol. The lowest BCUT2D eigenvalue weighted by Gasteiger charge is -2.41. The van der Waals surface area contributed by atoms with E-state index in [-0.39, 0.29) is 10.9 Å². The molecule has 172 valence electrons. The third-order valence-corrected chi connectivity index (χ3v) is 7.98. The quantitative estimate of drug-likeness (QED) is 0.408. The number of rotatable bonds is 8. The van der Waals surface area contributed by atoms with E-state index >= 15 is 0 Å². The predicted octanol–water partition coefficient (Wildman–Crippen LogP) is 3.49. The second-order valence-corrected chi connectivity index (χ2v) is 10.0. The number of carbonyl (C=O) groups is 1. The Morgan fingerprint density at radius 1 is 1.00 bits per heavy atom. The van der Waals surface area contributed by atoms with Crippen molar-refractivity contribution in [2.24, 2.45) is 0 Å². The molecule has 33 heavy (non-hydrogen) atoms. The molecule has 2 heterocycles. The van der Waals surface area contributed by atoms with E-state index in [2.05, 4.69) is 15.2 Å². The van der Waals surface area contributed by atoms with Crippen molar-refractivity contribution in [1.82, 2.24) is 14.6 Å². The summed E-state index contributed by atoms with van der Waals surface area (Å²) in [5.41, 5.74) is 2.77. The van der Waals surface area contributed by atoms with Crippen LogP contribution in [0.2, 0.25) is 0 Å². The first-order valence-corrected chi connectivity index (χ1v) is 12.4. The van der Waals surface area contributed by atoms with Crippen molar-refractivity contribution < 1.29 is 13.2 Å². The fourth-order valence-electron chi connectivity index (χ4n) is 4.33. The van der Waals surface area contributed by atoms with Gasteiger partial charge in [0.25, 0.3) is 0 Å². The summed E-state index contributed by atoms with van der Waals surface area (Å²) >= 11 is 0. The van der Waals surface area contributed by atoms with Crippen molar-refractivity contribution >= 4 is 22.1 Å². The van der Waals surface area contributed by atoms with Crippen molar-refractivity contribution in [3.63, 3.8) is 0 Å². The first kappa shape index (κ1) is 22.9. The Balaban J connectivity index is 1.70.